The predicted molar refractivity (Wildman–Crippen MR) is 65.8 cm³/mol. The molecule has 1 unspecified atom stereocenters. The number of rotatable bonds is 6. The number of aliphatic carboxylic acids is 1. The standard InChI is InChI=1S/C11H15N3O5/c1-3-13(6-7(2)11(16)17)10(15)8-4-5-9(12-8)14(18)19/h4-5,7,12H,3,6H2,1-2H3,(H,16,17). The second-order valence-corrected chi connectivity index (χ2v) is 4.10. The monoisotopic (exact) mass is 269 g/mol. The molecule has 1 atom stereocenters. The first-order chi connectivity index (χ1) is 8.86. The van der Waals surface area contributed by atoms with Crippen LogP contribution in [0.5, 0.6) is 0 Å². The van der Waals surface area contributed by atoms with E-state index in [1.165, 1.54) is 24.0 Å². The highest BCUT2D eigenvalue weighted by Gasteiger charge is 2.24. The van der Waals surface area contributed by atoms with Gasteiger partial charge >= 0.3 is 11.8 Å². The summed E-state index contributed by atoms with van der Waals surface area (Å²) < 4.78 is 0. The Morgan fingerprint density at radius 2 is 2.16 bits per heavy atom. The number of nitrogens with zero attached hydrogens (tertiary/aromatic N) is 2. The summed E-state index contributed by atoms with van der Waals surface area (Å²) in [6.45, 7) is 3.58. The third kappa shape index (κ3) is 3.54. The van der Waals surface area contributed by atoms with Gasteiger partial charge in [-0.25, -0.2) is 4.98 Å². The van der Waals surface area contributed by atoms with Crippen molar-refractivity contribution in [3.63, 3.8) is 0 Å². The van der Waals surface area contributed by atoms with Crippen molar-refractivity contribution < 1.29 is 19.6 Å². The summed E-state index contributed by atoms with van der Waals surface area (Å²) in [5.41, 5.74) is 0.0751. The average molecular weight is 269 g/mol. The molecule has 0 aliphatic heterocycles. The van der Waals surface area contributed by atoms with Gasteiger partial charge in [-0.1, -0.05) is 6.92 Å². The summed E-state index contributed by atoms with van der Waals surface area (Å²) in [4.78, 5) is 36.4. The number of nitro groups is 1. The summed E-state index contributed by atoms with van der Waals surface area (Å²) in [5.74, 6) is -2.42. The molecule has 1 aromatic heterocycles. The van der Waals surface area contributed by atoms with Crippen LogP contribution in [-0.4, -0.2) is 44.9 Å². The lowest BCUT2D eigenvalue weighted by molar-refractivity contribution is -0.389. The number of aromatic amines is 1. The largest absolute Gasteiger partial charge is 0.481 e. The Kier molecular flexibility index (Phi) is 4.62. The van der Waals surface area contributed by atoms with Gasteiger partial charge in [0.15, 0.2) is 5.69 Å². The van der Waals surface area contributed by atoms with Crippen molar-refractivity contribution >= 4 is 17.7 Å². The normalized spacial score (nSPS) is 11.9. The molecule has 0 fully saturated rings. The Labute approximate surface area is 109 Å². The Morgan fingerprint density at radius 1 is 1.53 bits per heavy atom. The first kappa shape index (κ1) is 14.7. The molecule has 104 valence electrons. The molecule has 0 radical (unpaired) electrons. The lowest BCUT2D eigenvalue weighted by Crippen LogP contribution is -2.36. The molecule has 19 heavy (non-hydrogen) atoms. The Balaban J connectivity index is 2.83. The fourth-order valence-corrected chi connectivity index (χ4v) is 1.55. The molecule has 1 amide bonds. The van der Waals surface area contributed by atoms with Gasteiger partial charge in [0.25, 0.3) is 5.91 Å². The second-order valence-electron chi connectivity index (χ2n) is 4.10. The van der Waals surface area contributed by atoms with Crippen LogP contribution in [0.2, 0.25) is 0 Å². The van der Waals surface area contributed by atoms with Crippen LogP contribution in [0, 0.1) is 16.0 Å². The minimum atomic E-state index is -0.997. The summed E-state index contributed by atoms with van der Waals surface area (Å²) in [7, 11) is 0. The molecule has 0 aromatic carbocycles. The Hall–Kier alpha value is -2.38. The minimum Gasteiger partial charge on any atom is -0.481 e. The lowest BCUT2D eigenvalue weighted by Gasteiger charge is -2.21. The van der Waals surface area contributed by atoms with Crippen LogP contribution in [0.25, 0.3) is 0 Å². The molecular weight excluding hydrogens is 254 g/mol. The number of hydrogen-bond donors (Lipinski definition) is 2. The number of H-pyrrole nitrogens is 1. The minimum absolute atomic E-state index is 0.0531. The molecule has 0 spiro atoms. The van der Waals surface area contributed by atoms with Crippen LogP contribution in [-0.2, 0) is 4.79 Å². The fourth-order valence-electron chi connectivity index (χ4n) is 1.55. The van der Waals surface area contributed by atoms with Crippen molar-refractivity contribution in [2.75, 3.05) is 13.1 Å². The second kappa shape index (κ2) is 5.98. The van der Waals surface area contributed by atoms with Crippen LogP contribution in [0.4, 0.5) is 5.82 Å². The van der Waals surface area contributed by atoms with Crippen molar-refractivity contribution in [3.05, 3.63) is 27.9 Å². The van der Waals surface area contributed by atoms with Gasteiger partial charge < -0.3 is 20.1 Å². The van der Waals surface area contributed by atoms with Crippen LogP contribution in [0.1, 0.15) is 24.3 Å². The van der Waals surface area contributed by atoms with Gasteiger partial charge in [0.05, 0.1) is 5.92 Å². The lowest BCUT2D eigenvalue weighted by atomic mass is 10.1. The highest BCUT2D eigenvalue weighted by Crippen LogP contribution is 2.13. The van der Waals surface area contributed by atoms with E-state index < -0.39 is 22.7 Å². The molecule has 8 heteroatoms. The molecule has 1 aromatic rings. The molecule has 2 N–H and O–H groups in total. The first-order valence-corrected chi connectivity index (χ1v) is 5.72. The number of aromatic nitrogens is 1. The topological polar surface area (TPSA) is 117 Å². The Morgan fingerprint density at radius 3 is 2.58 bits per heavy atom. The van der Waals surface area contributed by atoms with Crippen molar-refractivity contribution in [1.82, 2.24) is 9.88 Å². The van der Waals surface area contributed by atoms with E-state index in [1.54, 1.807) is 6.92 Å². The molecular formula is C11H15N3O5. The highest BCUT2D eigenvalue weighted by atomic mass is 16.6. The Bertz CT molecular complexity index is 496. The number of carboxylic acid groups (broad SMARTS) is 1. The summed E-state index contributed by atoms with van der Waals surface area (Å²) in [6, 6.07) is 2.51. The zero-order chi connectivity index (χ0) is 14.6. The van der Waals surface area contributed by atoms with Crippen LogP contribution < -0.4 is 0 Å². The third-order valence-electron chi connectivity index (χ3n) is 2.68. The first-order valence-electron chi connectivity index (χ1n) is 5.72. The molecule has 1 heterocycles. The van der Waals surface area contributed by atoms with E-state index in [4.69, 9.17) is 5.11 Å². The van der Waals surface area contributed by atoms with Crippen LogP contribution in [0.3, 0.4) is 0 Å². The summed E-state index contributed by atoms with van der Waals surface area (Å²) >= 11 is 0. The van der Waals surface area contributed by atoms with Gasteiger partial charge in [-0.15, -0.1) is 0 Å². The van der Waals surface area contributed by atoms with Crippen LogP contribution in [0.15, 0.2) is 12.1 Å². The van der Waals surface area contributed by atoms with Crippen molar-refractivity contribution in [3.8, 4) is 0 Å². The van der Waals surface area contributed by atoms with Gasteiger partial charge in [-0.05, 0) is 17.9 Å². The average Bonchev–Trinajstić information content (AvgIpc) is 2.84. The van der Waals surface area contributed by atoms with E-state index in [2.05, 4.69) is 4.98 Å². The van der Waals surface area contributed by atoms with Crippen molar-refractivity contribution in [1.29, 1.82) is 0 Å². The van der Waals surface area contributed by atoms with E-state index in [0.717, 1.165) is 0 Å². The van der Waals surface area contributed by atoms with Crippen molar-refractivity contribution in [2.24, 2.45) is 5.92 Å². The van der Waals surface area contributed by atoms with E-state index >= 15 is 0 Å². The predicted octanol–water partition coefficient (Wildman–Crippen LogP) is 1.11. The number of amides is 1. The number of carboxylic acids is 1. The SMILES string of the molecule is CCN(CC(C)C(=O)O)C(=O)c1ccc([N+](=O)[O-])[nH]1. The van der Waals surface area contributed by atoms with E-state index in [-0.39, 0.29) is 18.1 Å². The molecule has 0 saturated carbocycles. The number of carbonyl (C=O) groups is 2. The molecule has 0 saturated heterocycles. The maximum absolute atomic E-state index is 12.0. The maximum atomic E-state index is 12.0. The number of carbonyl (C=O) groups excluding carboxylic acids is 1. The van der Waals surface area contributed by atoms with Gasteiger partial charge in [0.1, 0.15) is 0 Å². The smallest absolute Gasteiger partial charge is 0.321 e. The maximum Gasteiger partial charge on any atom is 0.321 e. The van der Waals surface area contributed by atoms with Gasteiger partial charge in [0, 0.05) is 19.2 Å². The molecule has 0 aliphatic rings. The molecule has 0 aliphatic carbocycles. The summed E-state index contributed by atoms with van der Waals surface area (Å²) in [6.07, 6.45) is 0. The van der Waals surface area contributed by atoms with Gasteiger partial charge in [0.2, 0.25) is 0 Å². The highest BCUT2D eigenvalue weighted by molar-refractivity contribution is 5.93. The fraction of sp³-hybridized carbons (Fsp3) is 0.455. The molecule has 1 rings (SSSR count). The molecule has 8 nitrogen and oxygen atoms in total. The van der Waals surface area contributed by atoms with Gasteiger partial charge in [-0.2, -0.15) is 0 Å². The van der Waals surface area contributed by atoms with E-state index in [9.17, 15) is 19.7 Å². The van der Waals surface area contributed by atoms with E-state index in [1.807, 2.05) is 0 Å². The summed E-state index contributed by atoms with van der Waals surface area (Å²) in [5, 5.41) is 19.3. The number of nitrogens with one attached hydrogen (secondary N) is 1. The molecule has 0 bridgehead atoms. The quantitative estimate of drug-likeness (QED) is 0.592. The third-order valence-corrected chi connectivity index (χ3v) is 2.68. The number of hydrogen-bond acceptors (Lipinski definition) is 4. The van der Waals surface area contributed by atoms with Crippen LogP contribution >= 0.6 is 0 Å². The zero-order valence-electron chi connectivity index (χ0n) is 10.6. The van der Waals surface area contributed by atoms with E-state index in [0.29, 0.717) is 6.54 Å². The van der Waals surface area contributed by atoms with Gasteiger partial charge in [-0.3, -0.25) is 9.59 Å². The zero-order valence-corrected chi connectivity index (χ0v) is 10.6. The van der Waals surface area contributed by atoms with Crippen molar-refractivity contribution in [2.45, 2.75) is 13.8 Å².